The van der Waals surface area contributed by atoms with Gasteiger partial charge in [-0.25, -0.2) is 0 Å². The van der Waals surface area contributed by atoms with E-state index in [1.807, 2.05) is 18.2 Å². The minimum atomic E-state index is 0.0651. The zero-order valence-corrected chi connectivity index (χ0v) is 11.5. The van der Waals surface area contributed by atoms with Gasteiger partial charge in [0.2, 0.25) is 0 Å². The van der Waals surface area contributed by atoms with Crippen molar-refractivity contribution in [1.29, 1.82) is 0 Å². The first-order valence-electron chi connectivity index (χ1n) is 6.75. The van der Waals surface area contributed by atoms with Gasteiger partial charge in [-0.2, -0.15) is 0 Å². The summed E-state index contributed by atoms with van der Waals surface area (Å²) >= 11 is 0. The molecule has 0 fully saturated rings. The van der Waals surface area contributed by atoms with Crippen LogP contribution in [0.5, 0.6) is 5.75 Å². The van der Waals surface area contributed by atoms with Crippen molar-refractivity contribution in [3.63, 3.8) is 0 Å². The molecule has 0 saturated heterocycles. The van der Waals surface area contributed by atoms with Crippen LogP contribution in [0.25, 0.3) is 0 Å². The number of rotatable bonds is 9. The number of nitrogens with two attached hydrogens (primary N) is 1. The lowest BCUT2D eigenvalue weighted by atomic mass is 10.0. The fraction of sp³-hybridized carbons (Fsp3) is 0.600. The van der Waals surface area contributed by atoms with E-state index in [4.69, 9.17) is 15.2 Å². The Labute approximate surface area is 110 Å². The Hall–Kier alpha value is -1.06. The Morgan fingerprint density at radius 2 is 1.94 bits per heavy atom. The second-order valence-corrected chi connectivity index (χ2v) is 4.48. The largest absolute Gasteiger partial charge is 0.491 e. The summed E-state index contributed by atoms with van der Waals surface area (Å²) in [6.45, 7) is 3.36. The number of ether oxygens (including phenoxy) is 2. The van der Waals surface area contributed by atoms with Crippen molar-refractivity contribution in [1.82, 2.24) is 0 Å². The first-order chi connectivity index (χ1) is 8.79. The minimum Gasteiger partial charge on any atom is -0.491 e. The predicted octanol–water partition coefficient (Wildman–Crippen LogP) is 3.29. The predicted molar refractivity (Wildman–Crippen MR) is 74.9 cm³/mol. The van der Waals surface area contributed by atoms with Crippen LogP contribution in [-0.2, 0) is 4.74 Å². The molecule has 102 valence electrons. The molecule has 1 atom stereocenters. The van der Waals surface area contributed by atoms with E-state index in [2.05, 4.69) is 13.0 Å². The van der Waals surface area contributed by atoms with Gasteiger partial charge < -0.3 is 15.2 Å². The maximum Gasteiger partial charge on any atom is 0.124 e. The summed E-state index contributed by atoms with van der Waals surface area (Å²) in [5, 5.41) is 0. The SMILES string of the molecule is CCCCCC(N)c1ccccc1OCCOC. The number of benzene rings is 1. The van der Waals surface area contributed by atoms with Crippen molar-refractivity contribution < 1.29 is 9.47 Å². The van der Waals surface area contributed by atoms with Crippen LogP contribution in [0.4, 0.5) is 0 Å². The van der Waals surface area contributed by atoms with E-state index in [0.717, 1.165) is 17.7 Å². The number of para-hydroxylation sites is 1. The average molecular weight is 251 g/mol. The molecule has 0 saturated carbocycles. The molecule has 1 rings (SSSR count). The molecule has 1 aromatic rings. The third-order valence-electron chi connectivity index (χ3n) is 2.98. The van der Waals surface area contributed by atoms with Crippen molar-refractivity contribution >= 4 is 0 Å². The molecular weight excluding hydrogens is 226 g/mol. The van der Waals surface area contributed by atoms with Gasteiger partial charge in [0.15, 0.2) is 0 Å². The van der Waals surface area contributed by atoms with Gasteiger partial charge in [0.05, 0.1) is 6.61 Å². The first kappa shape index (κ1) is 15.0. The van der Waals surface area contributed by atoms with Gasteiger partial charge in [0, 0.05) is 18.7 Å². The van der Waals surface area contributed by atoms with Gasteiger partial charge in [0.25, 0.3) is 0 Å². The Morgan fingerprint density at radius 1 is 1.17 bits per heavy atom. The molecule has 0 aliphatic rings. The van der Waals surface area contributed by atoms with Crippen LogP contribution in [0.2, 0.25) is 0 Å². The van der Waals surface area contributed by atoms with Gasteiger partial charge in [-0.05, 0) is 12.5 Å². The maximum absolute atomic E-state index is 6.23. The molecule has 0 radical (unpaired) electrons. The topological polar surface area (TPSA) is 44.5 Å². The number of hydrogen-bond acceptors (Lipinski definition) is 3. The molecule has 3 heteroatoms. The minimum absolute atomic E-state index is 0.0651. The Kier molecular flexibility index (Phi) is 7.46. The lowest BCUT2D eigenvalue weighted by Gasteiger charge is -2.16. The molecule has 0 spiro atoms. The Morgan fingerprint density at radius 3 is 2.67 bits per heavy atom. The van der Waals surface area contributed by atoms with E-state index in [1.54, 1.807) is 7.11 Å². The monoisotopic (exact) mass is 251 g/mol. The molecule has 1 aromatic carbocycles. The highest BCUT2D eigenvalue weighted by Crippen LogP contribution is 2.26. The second-order valence-electron chi connectivity index (χ2n) is 4.48. The smallest absolute Gasteiger partial charge is 0.124 e. The van der Waals surface area contributed by atoms with Crippen LogP contribution in [0, 0.1) is 0 Å². The molecule has 1 unspecified atom stereocenters. The fourth-order valence-corrected chi connectivity index (χ4v) is 1.92. The first-order valence-corrected chi connectivity index (χ1v) is 6.75. The molecule has 18 heavy (non-hydrogen) atoms. The van der Waals surface area contributed by atoms with Crippen LogP contribution in [-0.4, -0.2) is 20.3 Å². The molecule has 0 amide bonds. The van der Waals surface area contributed by atoms with Crippen molar-refractivity contribution in [2.24, 2.45) is 5.73 Å². The zero-order chi connectivity index (χ0) is 13.2. The normalized spacial score (nSPS) is 12.4. The molecule has 0 aromatic heterocycles. The molecule has 0 bridgehead atoms. The van der Waals surface area contributed by atoms with Crippen LogP contribution in [0.1, 0.15) is 44.2 Å². The van der Waals surface area contributed by atoms with E-state index < -0.39 is 0 Å². The van der Waals surface area contributed by atoms with E-state index in [9.17, 15) is 0 Å². The molecular formula is C15H25NO2. The van der Waals surface area contributed by atoms with Crippen molar-refractivity contribution in [3.05, 3.63) is 29.8 Å². The molecule has 0 heterocycles. The molecule has 2 N–H and O–H groups in total. The lowest BCUT2D eigenvalue weighted by Crippen LogP contribution is -2.13. The highest BCUT2D eigenvalue weighted by molar-refractivity contribution is 5.35. The van der Waals surface area contributed by atoms with Crippen molar-refractivity contribution in [2.45, 2.75) is 38.6 Å². The summed E-state index contributed by atoms with van der Waals surface area (Å²) in [7, 11) is 1.67. The van der Waals surface area contributed by atoms with Crippen molar-refractivity contribution in [3.8, 4) is 5.75 Å². The van der Waals surface area contributed by atoms with Gasteiger partial charge in [-0.15, -0.1) is 0 Å². The van der Waals surface area contributed by atoms with Gasteiger partial charge in [0.1, 0.15) is 12.4 Å². The third-order valence-corrected chi connectivity index (χ3v) is 2.98. The van der Waals surface area contributed by atoms with E-state index >= 15 is 0 Å². The van der Waals surface area contributed by atoms with Crippen LogP contribution in [0.3, 0.4) is 0 Å². The summed E-state index contributed by atoms with van der Waals surface area (Å²) in [5.41, 5.74) is 7.33. The molecule has 3 nitrogen and oxygen atoms in total. The van der Waals surface area contributed by atoms with Gasteiger partial charge >= 0.3 is 0 Å². The number of hydrogen-bond donors (Lipinski definition) is 1. The quantitative estimate of drug-likeness (QED) is 0.685. The number of unbranched alkanes of at least 4 members (excludes halogenated alkanes) is 2. The Balaban J connectivity index is 2.56. The summed E-state index contributed by atoms with van der Waals surface area (Å²) in [5.74, 6) is 0.888. The summed E-state index contributed by atoms with van der Waals surface area (Å²) in [6, 6.07) is 8.08. The van der Waals surface area contributed by atoms with E-state index in [0.29, 0.717) is 13.2 Å². The summed E-state index contributed by atoms with van der Waals surface area (Å²) in [4.78, 5) is 0. The average Bonchev–Trinajstić information content (AvgIpc) is 2.40. The van der Waals surface area contributed by atoms with Crippen LogP contribution >= 0.6 is 0 Å². The van der Waals surface area contributed by atoms with E-state index in [-0.39, 0.29) is 6.04 Å². The fourth-order valence-electron chi connectivity index (χ4n) is 1.92. The zero-order valence-electron chi connectivity index (χ0n) is 11.5. The second kappa shape index (κ2) is 8.95. The van der Waals surface area contributed by atoms with Crippen LogP contribution < -0.4 is 10.5 Å². The molecule has 0 aliphatic carbocycles. The maximum atomic E-state index is 6.23. The van der Waals surface area contributed by atoms with Crippen LogP contribution in [0.15, 0.2) is 24.3 Å². The summed E-state index contributed by atoms with van der Waals surface area (Å²) < 4.78 is 10.7. The third kappa shape index (κ3) is 5.07. The standard InChI is InChI=1S/C15H25NO2/c1-3-4-5-9-14(16)13-8-6-7-10-15(13)18-12-11-17-2/h6-8,10,14H,3-5,9,11-12,16H2,1-2H3. The lowest BCUT2D eigenvalue weighted by molar-refractivity contribution is 0.145. The highest BCUT2D eigenvalue weighted by Gasteiger charge is 2.11. The van der Waals surface area contributed by atoms with Crippen molar-refractivity contribution in [2.75, 3.05) is 20.3 Å². The molecule has 0 aliphatic heterocycles. The highest BCUT2D eigenvalue weighted by atomic mass is 16.5. The number of methoxy groups -OCH3 is 1. The van der Waals surface area contributed by atoms with E-state index in [1.165, 1.54) is 19.3 Å². The van der Waals surface area contributed by atoms with Gasteiger partial charge in [-0.1, -0.05) is 44.4 Å². The van der Waals surface area contributed by atoms with Gasteiger partial charge in [-0.3, -0.25) is 0 Å². The Bertz CT molecular complexity index is 328. The summed E-state index contributed by atoms with van der Waals surface area (Å²) in [6.07, 6.45) is 4.64.